The maximum atomic E-state index is 11.8. The molecule has 1 radical (unpaired) electrons. The molecule has 0 saturated heterocycles. The highest BCUT2D eigenvalue weighted by Gasteiger charge is 2.37. The van der Waals surface area contributed by atoms with Crippen LogP contribution in [0.2, 0.25) is 0 Å². The third kappa shape index (κ3) is 2.47. The van der Waals surface area contributed by atoms with Crippen molar-refractivity contribution in [1.82, 2.24) is 0 Å². The fourth-order valence-electron chi connectivity index (χ4n) is 1.99. The fourth-order valence-corrected chi connectivity index (χ4v) is 3.73. The molecule has 0 spiro atoms. The van der Waals surface area contributed by atoms with Crippen molar-refractivity contribution < 1.29 is 23.2 Å². The van der Waals surface area contributed by atoms with Gasteiger partial charge in [-0.05, 0) is 32.4 Å². The molecular weight excluding hydrogens is 264 g/mol. The van der Waals surface area contributed by atoms with Gasteiger partial charge >= 0.3 is 21.2 Å². The largest absolute Gasteiger partial charge is 0.424 e. The van der Waals surface area contributed by atoms with Gasteiger partial charge in [0.2, 0.25) is 0 Å². The number of ether oxygens (including phenoxy) is 1. The molecule has 19 heavy (non-hydrogen) atoms. The van der Waals surface area contributed by atoms with Crippen LogP contribution < -0.4 is 5.19 Å². The minimum Gasteiger partial charge on any atom is -0.390 e. The van der Waals surface area contributed by atoms with Gasteiger partial charge in [-0.15, -0.1) is 0 Å². The minimum absolute atomic E-state index is 0.299. The van der Waals surface area contributed by atoms with Gasteiger partial charge in [0.05, 0.1) is 11.1 Å². The predicted octanol–water partition coefficient (Wildman–Crippen LogP) is 1.07. The molecule has 0 fully saturated rings. The van der Waals surface area contributed by atoms with Gasteiger partial charge < -0.3 is 13.6 Å². The Kier molecular flexibility index (Phi) is 4.13. The third-order valence-electron chi connectivity index (χ3n) is 2.78. The average Bonchev–Trinajstić information content (AvgIpc) is 2.65. The molecule has 2 rings (SSSR count). The number of hydrogen-bond acceptors (Lipinski definition) is 5. The van der Waals surface area contributed by atoms with Crippen molar-refractivity contribution in [2.75, 3.05) is 13.2 Å². The van der Waals surface area contributed by atoms with E-state index in [-0.39, 0.29) is 0 Å². The van der Waals surface area contributed by atoms with Gasteiger partial charge in [0.15, 0.2) is 0 Å². The zero-order valence-corrected chi connectivity index (χ0v) is 12.1. The second-order valence-electron chi connectivity index (χ2n) is 4.01. The van der Waals surface area contributed by atoms with E-state index in [0.29, 0.717) is 29.5 Å². The number of carbonyl (C=O) groups excluding carboxylic acids is 2. The smallest absolute Gasteiger partial charge is 0.390 e. The number of cyclic esters (lactones) is 2. The molecule has 1 aliphatic heterocycles. The lowest BCUT2D eigenvalue weighted by Gasteiger charge is -2.17. The predicted molar refractivity (Wildman–Crippen MR) is 69.6 cm³/mol. The molecule has 6 heteroatoms. The number of aryl methyl sites for hydroxylation is 1. The van der Waals surface area contributed by atoms with Crippen LogP contribution in [0, 0.1) is 6.92 Å². The van der Waals surface area contributed by atoms with E-state index in [1.54, 1.807) is 12.1 Å². The summed E-state index contributed by atoms with van der Waals surface area (Å²) < 4.78 is 15.9. The molecule has 1 aliphatic rings. The summed E-state index contributed by atoms with van der Waals surface area (Å²) in [6.45, 7) is 6.58. The fraction of sp³-hybridized carbons (Fsp3) is 0.385. The standard InChI is InChI=1S/C13H15O5Si/c1-4-16-19(17-5-2)11-8(3)6-7-9-10(11)13(15)18-12(9)14/h6-7H,4-5H2,1-3H3. The maximum Gasteiger partial charge on any atom is 0.424 e. The monoisotopic (exact) mass is 279 g/mol. The summed E-state index contributed by atoms with van der Waals surface area (Å²) in [5.74, 6) is -1.21. The van der Waals surface area contributed by atoms with Gasteiger partial charge in [0, 0.05) is 18.4 Å². The van der Waals surface area contributed by atoms with Crippen molar-refractivity contribution >= 4 is 26.4 Å². The molecule has 1 aromatic rings. The molecule has 1 heterocycles. The van der Waals surface area contributed by atoms with Crippen molar-refractivity contribution in [1.29, 1.82) is 0 Å². The third-order valence-corrected chi connectivity index (χ3v) is 4.93. The number of esters is 2. The number of hydrogen-bond donors (Lipinski definition) is 0. The lowest BCUT2D eigenvalue weighted by Crippen LogP contribution is -2.42. The van der Waals surface area contributed by atoms with Crippen LogP contribution in [-0.4, -0.2) is 34.4 Å². The first-order valence-corrected chi connectivity index (χ1v) is 7.44. The Morgan fingerprint density at radius 3 is 2.32 bits per heavy atom. The highest BCUT2D eigenvalue weighted by molar-refractivity contribution is 6.64. The molecule has 0 unspecified atom stereocenters. The highest BCUT2D eigenvalue weighted by atomic mass is 28.3. The van der Waals surface area contributed by atoms with Crippen LogP contribution >= 0.6 is 0 Å². The molecule has 0 bridgehead atoms. The van der Waals surface area contributed by atoms with Gasteiger partial charge in [0.1, 0.15) is 0 Å². The number of rotatable bonds is 5. The van der Waals surface area contributed by atoms with Gasteiger partial charge in [-0.3, -0.25) is 0 Å². The Morgan fingerprint density at radius 2 is 1.74 bits per heavy atom. The first-order chi connectivity index (χ1) is 9.10. The normalized spacial score (nSPS) is 13.9. The molecular formula is C13H15O5Si. The molecule has 0 amide bonds. The molecule has 0 N–H and O–H groups in total. The van der Waals surface area contributed by atoms with E-state index in [0.717, 1.165) is 5.56 Å². The van der Waals surface area contributed by atoms with Crippen molar-refractivity contribution in [2.24, 2.45) is 0 Å². The molecule has 5 nitrogen and oxygen atoms in total. The minimum atomic E-state index is -1.79. The Labute approximate surface area is 113 Å². The van der Waals surface area contributed by atoms with Crippen molar-refractivity contribution in [3.63, 3.8) is 0 Å². The summed E-state index contributed by atoms with van der Waals surface area (Å²) >= 11 is 0. The van der Waals surface area contributed by atoms with Crippen LogP contribution in [-0.2, 0) is 13.6 Å². The Morgan fingerprint density at radius 1 is 1.11 bits per heavy atom. The van der Waals surface area contributed by atoms with Crippen LogP contribution in [0.4, 0.5) is 0 Å². The van der Waals surface area contributed by atoms with E-state index >= 15 is 0 Å². The zero-order chi connectivity index (χ0) is 14.0. The zero-order valence-electron chi connectivity index (χ0n) is 11.1. The average molecular weight is 279 g/mol. The van der Waals surface area contributed by atoms with Crippen molar-refractivity contribution in [3.8, 4) is 0 Å². The Hall–Kier alpha value is -1.50. The topological polar surface area (TPSA) is 61.8 Å². The lowest BCUT2D eigenvalue weighted by molar-refractivity contribution is 0.0444. The number of fused-ring (bicyclic) bond motifs is 1. The quantitative estimate of drug-likeness (QED) is 0.458. The van der Waals surface area contributed by atoms with Crippen LogP contribution in [0.5, 0.6) is 0 Å². The van der Waals surface area contributed by atoms with E-state index < -0.39 is 21.2 Å². The van der Waals surface area contributed by atoms with Crippen LogP contribution in [0.15, 0.2) is 12.1 Å². The summed E-state index contributed by atoms with van der Waals surface area (Å²) in [7, 11) is -1.79. The summed E-state index contributed by atoms with van der Waals surface area (Å²) in [5.41, 5.74) is 1.48. The van der Waals surface area contributed by atoms with Gasteiger partial charge in [-0.25, -0.2) is 9.59 Å². The van der Waals surface area contributed by atoms with Gasteiger partial charge in [-0.1, -0.05) is 6.07 Å². The van der Waals surface area contributed by atoms with Gasteiger partial charge in [0.25, 0.3) is 0 Å². The molecule has 101 valence electrons. The summed E-state index contributed by atoms with van der Waals surface area (Å²) in [6, 6.07) is 3.40. The van der Waals surface area contributed by atoms with E-state index in [4.69, 9.17) is 8.85 Å². The van der Waals surface area contributed by atoms with E-state index in [9.17, 15) is 9.59 Å². The highest BCUT2D eigenvalue weighted by Crippen LogP contribution is 2.20. The van der Waals surface area contributed by atoms with Crippen LogP contribution in [0.3, 0.4) is 0 Å². The Balaban J connectivity index is 2.55. The summed E-state index contributed by atoms with van der Waals surface area (Å²) in [4.78, 5) is 23.4. The SMILES string of the molecule is CCO[Si](OCC)c1c(C)ccc2c1C(=O)OC2=O. The Bertz CT molecular complexity index is 520. The maximum absolute atomic E-state index is 11.8. The van der Waals surface area contributed by atoms with Crippen molar-refractivity contribution in [2.45, 2.75) is 20.8 Å². The molecule has 0 aromatic heterocycles. The molecule has 0 saturated carbocycles. The van der Waals surface area contributed by atoms with Crippen LogP contribution in [0.1, 0.15) is 40.1 Å². The summed E-state index contributed by atoms with van der Waals surface area (Å²) in [6.07, 6.45) is 0. The van der Waals surface area contributed by atoms with Crippen LogP contribution in [0.25, 0.3) is 0 Å². The van der Waals surface area contributed by atoms with E-state index in [1.807, 2.05) is 20.8 Å². The first-order valence-electron chi connectivity index (χ1n) is 6.13. The van der Waals surface area contributed by atoms with E-state index in [1.165, 1.54) is 0 Å². The molecule has 0 aliphatic carbocycles. The lowest BCUT2D eigenvalue weighted by atomic mass is 10.1. The number of benzene rings is 1. The van der Waals surface area contributed by atoms with Crippen molar-refractivity contribution in [3.05, 3.63) is 28.8 Å². The first kappa shape index (κ1) is 13.9. The summed E-state index contributed by atoms with van der Waals surface area (Å²) in [5, 5.41) is 0.682. The second-order valence-corrected chi connectivity index (χ2v) is 5.66. The second kappa shape index (κ2) is 5.64. The molecule has 0 atom stereocenters. The number of carbonyl (C=O) groups is 2. The van der Waals surface area contributed by atoms with E-state index in [2.05, 4.69) is 4.74 Å². The molecule has 1 aromatic carbocycles. The van der Waals surface area contributed by atoms with Gasteiger partial charge in [-0.2, -0.15) is 0 Å².